The van der Waals surface area contributed by atoms with Crippen molar-refractivity contribution in [3.63, 3.8) is 0 Å². The molecule has 0 unspecified atom stereocenters. The van der Waals surface area contributed by atoms with Gasteiger partial charge >= 0.3 is 0 Å². The molecule has 4 nitrogen and oxygen atoms in total. The highest BCUT2D eigenvalue weighted by molar-refractivity contribution is 5.78. The van der Waals surface area contributed by atoms with Crippen LogP contribution in [0.5, 0.6) is 5.75 Å². The maximum absolute atomic E-state index is 12.0. The zero-order chi connectivity index (χ0) is 15.2. The van der Waals surface area contributed by atoms with Crippen LogP contribution in [0.1, 0.15) is 38.7 Å². The Morgan fingerprint density at radius 1 is 1.38 bits per heavy atom. The number of rotatable bonds is 4. The van der Waals surface area contributed by atoms with Crippen molar-refractivity contribution >= 4 is 5.91 Å². The number of ether oxygens (including phenoxy) is 1. The highest BCUT2D eigenvalue weighted by Crippen LogP contribution is 2.29. The quantitative estimate of drug-likeness (QED) is 0.925. The number of hydrogen-bond donors (Lipinski definition) is 1. The lowest BCUT2D eigenvalue weighted by Gasteiger charge is -2.34. The Kier molecular flexibility index (Phi) is 5.21. The summed E-state index contributed by atoms with van der Waals surface area (Å²) in [6.07, 6.45) is 3.43. The van der Waals surface area contributed by atoms with E-state index in [0.29, 0.717) is 23.1 Å². The van der Waals surface area contributed by atoms with Crippen molar-refractivity contribution in [2.45, 2.75) is 39.2 Å². The molecular weight excluding hydrogens is 264 g/mol. The lowest BCUT2D eigenvalue weighted by molar-refractivity contribution is -0.124. The van der Waals surface area contributed by atoms with Crippen molar-refractivity contribution in [1.29, 1.82) is 5.26 Å². The highest BCUT2D eigenvalue weighted by atomic mass is 16.5. The summed E-state index contributed by atoms with van der Waals surface area (Å²) in [6, 6.07) is 9.24. The Morgan fingerprint density at radius 3 is 2.90 bits per heavy atom. The van der Waals surface area contributed by atoms with Crippen LogP contribution in [0, 0.1) is 23.2 Å². The predicted octanol–water partition coefficient (Wildman–Crippen LogP) is 2.88. The summed E-state index contributed by atoms with van der Waals surface area (Å²) in [5.74, 6) is 1.48. The van der Waals surface area contributed by atoms with Gasteiger partial charge < -0.3 is 10.1 Å². The molecule has 2 rings (SSSR count). The van der Waals surface area contributed by atoms with Gasteiger partial charge in [-0.3, -0.25) is 4.79 Å². The second-order valence-electron chi connectivity index (χ2n) is 5.84. The van der Waals surface area contributed by atoms with Crippen molar-refractivity contribution in [1.82, 2.24) is 5.32 Å². The van der Waals surface area contributed by atoms with E-state index in [0.717, 1.165) is 12.8 Å². The van der Waals surface area contributed by atoms with Gasteiger partial charge in [0.15, 0.2) is 6.61 Å². The van der Waals surface area contributed by atoms with Crippen molar-refractivity contribution in [3.05, 3.63) is 29.8 Å². The summed E-state index contributed by atoms with van der Waals surface area (Å²) in [7, 11) is 0. The molecule has 112 valence electrons. The van der Waals surface area contributed by atoms with Crippen molar-refractivity contribution in [3.8, 4) is 11.8 Å². The molecule has 4 heteroatoms. The Hall–Kier alpha value is -2.02. The van der Waals surface area contributed by atoms with Crippen LogP contribution >= 0.6 is 0 Å². The molecule has 1 N–H and O–H groups in total. The number of nitrogens with zero attached hydrogens (tertiary/aromatic N) is 1. The molecule has 1 saturated carbocycles. The first-order valence-electron chi connectivity index (χ1n) is 7.53. The average molecular weight is 286 g/mol. The molecule has 0 saturated heterocycles. The summed E-state index contributed by atoms with van der Waals surface area (Å²) in [5, 5.41) is 12.0. The Balaban J connectivity index is 1.86. The second kappa shape index (κ2) is 7.12. The third-order valence-electron chi connectivity index (χ3n) is 4.42. The van der Waals surface area contributed by atoms with Crippen LogP contribution in [0.3, 0.4) is 0 Å². The third-order valence-corrected chi connectivity index (χ3v) is 4.42. The first-order valence-corrected chi connectivity index (χ1v) is 7.53. The molecule has 0 aromatic heterocycles. The molecule has 0 radical (unpaired) electrons. The molecule has 1 aliphatic carbocycles. The molecule has 1 aromatic rings. The maximum Gasteiger partial charge on any atom is 0.258 e. The minimum Gasteiger partial charge on any atom is -0.482 e. The summed E-state index contributed by atoms with van der Waals surface area (Å²) >= 11 is 0. The van der Waals surface area contributed by atoms with Crippen molar-refractivity contribution in [2.24, 2.45) is 11.8 Å². The maximum atomic E-state index is 12.0. The van der Waals surface area contributed by atoms with Gasteiger partial charge in [-0.05, 0) is 30.4 Å². The fourth-order valence-corrected chi connectivity index (χ4v) is 2.86. The van der Waals surface area contributed by atoms with Gasteiger partial charge in [-0.2, -0.15) is 5.26 Å². The molecule has 0 spiro atoms. The highest BCUT2D eigenvalue weighted by Gasteiger charge is 2.28. The van der Waals surface area contributed by atoms with E-state index in [2.05, 4.69) is 25.2 Å². The van der Waals surface area contributed by atoms with Gasteiger partial charge in [0, 0.05) is 6.04 Å². The van der Waals surface area contributed by atoms with Crippen LogP contribution in [0.25, 0.3) is 0 Å². The van der Waals surface area contributed by atoms with Gasteiger partial charge in [-0.1, -0.05) is 38.8 Å². The molecule has 1 amide bonds. The van der Waals surface area contributed by atoms with Crippen LogP contribution in [-0.2, 0) is 4.79 Å². The molecule has 0 heterocycles. The number of nitrogens with one attached hydrogen (secondary N) is 1. The molecule has 1 fully saturated rings. The topological polar surface area (TPSA) is 62.1 Å². The van der Waals surface area contributed by atoms with Gasteiger partial charge in [0.1, 0.15) is 11.8 Å². The number of carbonyl (C=O) groups is 1. The SMILES string of the molecule is C[C@@H]1[C@H](C)CCC[C@H]1NC(=O)COc1ccccc1C#N. The summed E-state index contributed by atoms with van der Waals surface area (Å²) < 4.78 is 5.46. The standard InChI is InChI=1S/C17H22N2O2/c1-12-6-5-8-15(13(12)2)19-17(20)11-21-16-9-4-3-7-14(16)10-18/h3-4,7,9,12-13,15H,5-6,8,11H2,1-2H3,(H,19,20)/t12-,13-,15-/m1/s1. The van der Waals surface area contributed by atoms with E-state index >= 15 is 0 Å². The molecule has 1 aromatic carbocycles. The van der Waals surface area contributed by atoms with Crippen molar-refractivity contribution < 1.29 is 9.53 Å². The van der Waals surface area contributed by atoms with E-state index in [9.17, 15) is 4.79 Å². The Morgan fingerprint density at radius 2 is 2.14 bits per heavy atom. The third kappa shape index (κ3) is 3.98. The Labute approximate surface area is 126 Å². The molecule has 0 aliphatic heterocycles. The minimum atomic E-state index is -0.117. The largest absolute Gasteiger partial charge is 0.482 e. The van der Waals surface area contributed by atoms with Crippen LogP contribution in [-0.4, -0.2) is 18.6 Å². The van der Waals surface area contributed by atoms with Gasteiger partial charge in [0.25, 0.3) is 5.91 Å². The summed E-state index contributed by atoms with van der Waals surface area (Å²) in [5.41, 5.74) is 0.449. The number of nitriles is 1. The van der Waals surface area contributed by atoms with E-state index < -0.39 is 0 Å². The number of para-hydroxylation sites is 1. The molecule has 0 bridgehead atoms. The monoisotopic (exact) mass is 286 g/mol. The summed E-state index contributed by atoms with van der Waals surface area (Å²) in [6.45, 7) is 4.39. The second-order valence-corrected chi connectivity index (χ2v) is 5.84. The Bertz CT molecular complexity index is 536. The molecule has 3 atom stereocenters. The number of hydrogen-bond acceptors (Lipinski definition) is 3. The van der Waals surface area contributed by atoms with E-state index in [-0.39, 0.29) is 18.6 Å². The van der Waals surface area contributed by atoms with Crippen LogP contribution in [0.2, 0.25) is 0 Å². The van der Waals surface area contributed by atoms with Crippen molar-refractivity contribution in [2.75, 3.05) is 6.61 Å². The number of carbonyl (C=O) groups excluding carboxylic acids is 1. The van der Waals surface area contributed by atoms with E-state index in [1.807, 2.05) is 0 Å². The lowest BCUT2D eigenvalue weighted by atomic mass is 9.78. The van der Waals surface area contributed by atoms with Gasteiger partial charge in [-0.25, -0.2) is 0 Å². The van der Waals surface area contributed by atoms with Crippen LogP contribution in [0.4, 0.5) is 0 Å². The number of benzene rings is 1. The van der Waals surface area contributed by atoms with E-state index in [4.69, 9.17) is 10.00 Å². The normalized spacial score (nSPS) is 24.9. The summed E-state index contributed by atoms with van der Waals surface area (Å²) in [4.78, 5) is 12.0. The van der Waals surface area contributed by atoms with Crippen LogP contribution < -0.4 is 10.1 Å². The fraction of sp³-hybridized carbons (Fsp3) is 0.529. The average Bonchev–Trinajstić information content (AvgIpc) is 2.50. The first-order chi connectivity index (χ1) is 10.1. The van der Waals surface area contributed by atoms with E-state index in [1.165, 1.54) is 6.42 Å². The predicted molar refractivity (Wildman–Crippen MR) is 80.8 cm³/mol. The molecule has 1 aliphatic rings. The van der Waals surface area contributed by atoms with Gasteiger partial charge in [0.2, 0.25) is 0 Å². The minimum absolute atomic E-state index is 0.0453. The molecular formula is C17H22N2O2. The molecule has 21 heavy (non-hydrogen) atoms. The van der Waals surface area contributed by atoms with E-state index in [1.54, 1.807) is 24.3 Å². The fourth-order valence-electron chi connectivity index (χ4n) is 2.86. The van der Waals surface area contributed by atoms with Crippen LogP contribution in [0.15, 0.2) is 24.3 Å². The smallest absolute Gasteiger partial charge is 0.258 e. The van der Waals surface area contributed by atoms with Gasteiger partial charge in [0.05, 0.1) is 5.56 Å². The number of amides is 1. The zero-order valence-electron chi connectivity index (χ0n) is 12.6. The van der Waals surface area contributed by atoms with Gasteiger partial charge in [-0.15, -0.1) is 0 Å². The zero-order valence-corrected chi connectivity index (χ0v) is 12.6. The lowest BCUT2D eigenvalue weighted by Crippen LogP contribution is -2.45. The first kappa shape index (κ1) is 15.4.